The molecule has 0 unspecified atom stereocenters. The van der Waals surface area contributed by atoms with E-state index in [1.807, 2.05) is 24.3 Å². The molecule has 0 bridgehead atoms. The summed E-state index contributed by atoms with van der Waals surface area (Å²) in [5.74, 6) is 0.868. The van der Waals surface area contributed by atoms with Crippen molar-refractivity contribution in [2.75, 3.05) is 13.7 Å². The van der Waals surface area contributed by atoms with Gasteiger partial charge in [-0.1, -0.05) is 18.2 Å². The second-order valence-electron chi connectivity index (χ2n) is 3.71. The highest BCUT2D eigenvalue weighted by Crippen LogP contribution is 2.19. The Labute approximate surface area is 102 Å². The van der Waals surface area contributed by atoms with Crippen LogP contribution < -0.4 is 14.6 Å². The van der Waals surface area contributed by atoms with E-state index in [0.29, 0.717) is 6.54 Å². The molecule has 5 nitrogen and oxygen atoms in total. The fourth-order valence-corrected chi connectivity index (χ4v) is 1.99. The minimum atomic E-state index is -3.56. The van der Waals surface area contributed by atoms with Crippen LogP contribution in [0.4, 0.5) is 0 Å². The van der Waals surface area contributed by atoms with Gasteiger partial charge >= 0.3 is 0 Å². The summed E-state index contributed by atoms with van der Waals surface area (Å²) in [5.41, 5.74) is 1.13. The van der Waals surface area contributed by atoms with Gasteiger partial charge in [-0.3, -0.25) is 0 Å². The number of para-hydroxylation sites is 1. The maximum Gasteiger partial charge on any atom is 0.274 e. The third-order valence-corrected chi connectivity index (χ3v) is 2.98. The first-order valence-corrected chi connectivity index (χ1v) is 6.97. The smallest absolute Gasteiger partial charge is 0.274 e. The van der Waals surface area contributed by atoms with Crippen molar-refractivity contribution in [3.63, 3.8) is 0 Å². The molecule has 1 aromatic rings. The molecule has 0 aliphatic carbocycles. The molecule has 96 valence electrons. The first-order valence-electron chi connectivity index (χ1n) is 5.42. The number of ether oxygens (including phenoxy) is 1. The predicted octanol–water partition coefficient (Wildman–Crippen LogP) is 0.811. The Kier molecular flexibility index (Phi) is 5.40. The van der Waals surface area contributed by atoms with Gasteiger partial charge < -0.3 is 4.74 Å². The molecule has 0 aliphatic heterocycles. The van der Waals surface area contributed by atoms with Crippen molar-refractivity contribution >= 4 is 10.2 Å². The van der Waals surface area contributed by atoms with Crippen LogP contribution in [0.1, 0.15) is 18.4 Å². The van der Waals surface area contributed by atoms with Crippen LogP contribution in [0.2, 0.25) is 0 Å². The summed E-state index contributed by atoms with van der Waals surface area (Å²) >= 11 is 0. The highest BCUT2D eigenvalue weighted by Gasteiger charge is 2.02. The van der Waals surface area contributed by atoms with Gasteiger partial charge in [0.15, 0.2) is 0 Å². The monoisotopic (exact) mass is 258 g/mol. The van der Waals surface area contributed by atoms with E-state index < -0.39 is 10.2 Å². The molecule has 0 spiro atoms. The standard InChI is InChI=1S/C11H18N2O3S/c1-16-11-8-3-2-6-10(11)7-4-5-9-13-17(12,14)15/h2-3,6,8,13H,4-5,7,9H2,1H3,(H2,12,14,15). The molecule has 0 amide bonds. The van der Waals surface area contributed by atoms with Gasteiger partial charge in [-0.15, -0.1) is 0 Å². The molecule has 17 heavy (non-hydrogen) atoms. The van der Waals surface area contributed by atoms with E-state index in [-0.39, 0.29) is 0 Å². The van der Waals surface area contributed by atoms with E-state index >= 15 is 0 Å². The van der Waals surface area contributed by atoms with Gasteiger partial charge in [-0.2, -0.15) is 8.42 Å². The summed E-state index contributed by atoms with van der Waals surface area (Å²) in [4.78, 5) is 0. The molecular weight excluding hydrogens is 240 g/mol. The van der Waals surface area contributed by atoms with Gasteiger partial charge in [0, 0.05) is 6.54 Å². The van der Waals surface area contributed by atoms with Crippen molar-refractivity contribution < 1.29 is 13.2 Å². The van der Waals surface area contributed by atoms with Crippen LogP contribution in [0, 0.1) is 0 Å². The number of benzene rings is 1. The molecule has 1 aromatic carbocycles. The van der Waals surface area contributed by atoms with E-state index in [2.05, 4.69) is 4.72 Å². The zero-order valence-electron chi connectivity index (χ0n) is 9.85. The number of nitrogens with one attached hydrogen (secondary N) is 1. The lowest BCUT2D eigenvalue weighted by molar-refractivity contribution is 0.409. The first kappa shape index (κ1) is 14.0. The average Bonchev–Trinajstić information content (AvgIpc) is 2.27. The SMILES string of the molecule is COc1ccccc1CCCCNS(N)(=O)=O. The van der Waals surface area contributed by atoms with Crippen molar-refractivity contribution in [1.29, 1.82) is 0 Å². The normalized spacial score (nSPS) is 11.4. The quantitative estimate of drug-likeness (QED) is 0.710. The second kappa shape index (κ2) is 6.58. The van der Waals surface area contributed by atoms with Crippen LogP contribution in [0.5, 0.6) is 5.75 Å². The zero-order valence-corrected chi connectivity index (χ0v) is 10.7. The number of rotatable bonds is 7. The Hall–Kier alpha value is -1.11. The Bertz CT molecular complexity index is 446. The molecule has 6 heteroatoms. The van der Waals surface area contributed by atoms with Crippen LogP contribution in [0.25, 0.3) is 0 Å². The Morgan fingerprint density at radius 1 is 1.29 bits per heavy atom. The molecule has 0 fully saturated rings. The summed E-state index contributed by atoms with van der Waals surface area (Å²) in [6.07, 6.45) is 2.48. The number of hydrogen-bond acceptors (Lipinski definition) is 3. The lowest BCUT2D eigenvalue weighted by Crippen LogP contribution is -2.31. The number of nitrogens with two attached hydrogens (primary N) is 1. The Balaban J connectivity index is 2.31. The Morgan fingerprint density at radius 2 is 2.00 bits per heavy atom. The Morgan fingerprint density at radius 3 is 2.65 bits per heavy atom. The van der Waals surface area contributed by atoms with Crippen LogP contribution in [-0.4, -0.2) is 22.1 Å². The molecular formula is C11H18N2O3S. The molecule has 0 atom stereocenters. The molecule has 0 aromatic heterocycles. The van der Waals surface area contributed by atoms with Gasteiger partial charge in [0.2, 0.25) is 0 Å². The molecule has 3 N–H and O–H groups in total. The average molecular weight is 258 g/mol. The number of methoxy groups -OCH3 is 1. The highest BCUT2D eigenvalue weighted by molar-refractivity contribution is 7.87. The third-order valence-electron chi connectivity index (χ3n) is 2.37. The molecule has 0 saturated heterocycles. The second-order valence-corrected chi connectivity index (χ2v) is 5.09. The highest BCUT2D eigenvalue weighted by atomic mass is 32.2. The maximum absolute atomic E-state index is 10.6. The van der Waals surface area contributed by atoms with Crippen molar-refractivity contribution in [3.05, 3.63) is 29.8 Å². The minimum Gasteiger partial charge on any atom is -0.496 e. The van der Waals surface area contributed by atoms with Gasteiger partial charge in [0.05, 0.1) is 7.11 Å². The van der Waals surface area contributed by atoms with E-state index in [9.17, 15) is 8.42 Å². The van der Waals surface area contributed by atoms with Crippen molar-refractivity contribution in [3.8, 4) is 5.75 Å². The van der Waals surface area contributed by atoms with Crippen molar-refractivity contribution in [2.45, 2.75) is 19.3 Å². The number of unbranched alkanes of at least 4 members (excludes halogenated alkanes) is 1. The fraction of sp³-hybridized carbons (Fsp3) is 0.455. The molecule has 0 radical (unpaired) electrons. The first-order chi connectivity index (χ1) is 8.03. The lowest BCUT2D eigenvalue weighted by atomic mass is 10.1. The van der Waals surface area contributed by atoms with Crippen LogP contribution >= 0.6 is 0 Å². The summed E-state index contributed by atoms with van der Waals surface area (Å²) in [6.45, 7) is 0.369. The molecule has 1 rings (SSSR count). The van der Waals surface area contributed by atoms with Crippen LogP contribution in [0.15, 0.2) is 24.3 Å². The zero-order chi connectivity index (χ0) is 12.7. The van der Waals surface area contributed by atoms with E-state index in [1.165, 1.54) is 0 Å². The largest absolute Gasteiger partial charge is 0.496 e. The van der Waals surface area contributed by atoms with Crippen LogP contribution in [0.3, 0.4) is 0 Å². The minimum absolute atomic E-state index is 0.369. The van der Waals surface area contributed by atoms with Gasteiger partial charge in [0.25, 0.3) is 10.2 Å². The van der Waals surface area contributed by atoms with Crippen molar-refractivity contribution in [1.82, 2.24) is 4.72 Å². The number of aryl methyl sites for hydroxylation is 1. The van der Waals surface area contributed by atoms with Gasteiger partial charge in [0.1, 0.15) is 5.75 Å². The van der Waals surface area contributed by atoms with E-state index in [4.69, 9.17) is 9.88 Å². The van der Waals surface area contributed by atoms with Gasteiger partial charge in [-0.25, -0.2) is 9.86 Å². The van der Waals surface area contributed by atoms with Gasteiger partial charge in [-0.05, 0) is 30.9 Å². The lowest BCUT2D eigenvalue weighted by Gasteiger charge is -2.07. The predicted molar refractivity (Wildman–Crippen MR) is 67.0 cm³/mol. The number of hydrogen-bond donors (Lipinski definition) is 2. The maximum atomic E-state index is 10.6. The molecule has 0 saturated carbocycles. The summed E-state index contributed by atoms with van der Waals surface area (Å²) in [5, 5.41) is 4.82. The third kappa shape index (κ3) is 5.67. The summed E-state index contributed by atoms with van der Waals surface area (Å²) < 4.78 is 28.7. The topological polar surface area (TPSA) is 81.4 Å². The molecule has 0 heterocycles. The van der Waals surface area contributed by atoms with E-state index in [1.54, 1.807) is 7.11 Å². The van der Waals surface area contributed by atoms with E-state index in [0.717, 1.165) is 30.6 Å². The van der Waals surface area contributed by atoms with Crippen LogP contribution in [-0.2, 0) is 16.6 Å². The summed E-state index contributed by atoms with van der Waals surface area (Å²) in [7, 11) is -1.92. The summed E-state index contributed by atoms with van der Waals surface area (Å²) in [6, 6.07) is 7.80. The molecule has 0 aliphatic rings. The fourth-order valence-electron chi connectivity index (χ4n) is 1.56. The van der Waals surface area contributed by atoms with Crippen molar-refractivity contribution in [2.24, 2.45) is 5.14 Å².